The van der Waals surface area contributed by atoms with Gasteiger partial charge in [0.1, 0.15) is 6.04 Å². The van der Waals surface area contributed by atoms with Crippen LogP contribution >= 0.6 is 11.3 Å². The Morgan fingerprint density at radius 1 is 0.963 bits per heavy atom. The molecule has 1 aromatic carbocycles. The van der Waals surface area contributed by atoms with E-state index in [-0.39, 0.29) is 36.7 Å². The number of thiophene rings is 1. The van der Waals surface area contributed by atoms with Crippen LogP contribution in [0.1, 0.15) is 132 Å². The number of hydrogen-bond acceptors (Lipinski definition) is 6. The molecule has 5 unspecified atom stereocenters. The van der Waals surface area contributed by atoms with Crippen molar-refractivity contribution in [2.24, 2.45) is 29.6 Å². The summed E-state index contributed by atoms with van der Waals surface area (Å²) in [5.41, 5.74) is 4.17. The zero-order chi connectivity index (χ0) is 39.0. The van der Waals surface area contributed by atoms with Crippen molar-refractivity contribution in [2.75, 3.05) is 13.1 Å². The Balaban J connectivity index is 0.00000276. The van der Waals surface area contributed by atoms with Crippen LogP contribution in [0.5, 0.6) is 0 Å². The topological polar surface area (TPSA) is 112 Å². The maximum atomic E-state index is 13.6. The molecule has 1 saturated carbocycles. The van der Waals surface area contributed by atoms with Gasteiger partial charge in [-0.2, -0.15) is 0 Å². The summed E-state index contributed by atoms with van der Waals surface area (Å²) >= 11 is 1.45. The third kappa shape index (κ3) is 9.87. The molecule has 3 aromatic rings. The molecule has 3 heterocycles. The van der Waals surface area contributed by atoms with Crippen LogP contribution < -0.4 is 5.32 Å². The molecule has 2 fully saturated rings. The van der Waals surface area contributed by atoms with Gasteiger partial charge in [-0.1, -0.05) is 91.6 Å². The lowest BCUT2D eigenvalue weighted by molar-refractivity contribution is -0.153. The van der Waals surface area contributed by atoms with Crippen molar-refractivity contribution in [1.29, 1.82) is 0 Å². The molecule has 1 saturated heterocycles. The first-order valence-electron chi connectivity index (χ1n) is 20.5. The third-order valence-electron chi connectivity index (χ3n) is 12.4. The van der Waals surface area contributed by atoms with E-state index in [1.807, 2.05) is 62.6 Å². The fourth-order valence-corrected chi connectivity index (χ4v) is 9.49. The lowest BCUT2D eigenvalue weighted by atomic mass is 9.66. The Labute approximate surface area is 327 Å². The lowest BCUT2D eigenvalue weighted by Crippen LogP contribution is -2.59. The van der Waals surface area contributed by atoms with Gasteiger partial charge in [0.05, 0.1) is 10.8 Å². The number of likely N-dealkylation sites (tertiary alicyclic amines) is 1. The molecule has 3 aliphatic rings. The maximum absolute atomic E-state index is 13.6. The fourth-order valence-electron chi connectivity index (χ4n) is 8.40. The minimum absolute atomic E-state index is 0.0455. The Hall–Kier alpha value is -3.85. The van der Waals surface area contributed by atoms with Gasteiger partial charge >= 0.3 is 5.97 Å². The molecule has 2 aromatic heterocycles. The molecular weight excluding hydrogens is 693 g/mol. The predicted octanol–water partition coefficient (Wildman–Crippen LogP) is 9.84. The predicted molar refractivity (Wildman–Crippen MR) is 219 cm³/mol. The number of hydrogen-bond donors (Lipinski definition) is 2. The average Bonchev–Trinajstić information content (AvgIpc) is 3.68. The highest BCUT2D eigenvalue weighted by atomic mass is 32.1. The fraction of sp³-hybridized carbons (Fsp3) is 0.578. The molecule has 5 atom stereocenters. The van der Waals surface area contributed by atoms with Gasteiger partial charge in [0.2, 0.25) is 5.91 Å². The van der Waals surface area contributed by atoms with Crippen LogP contribution in [0.2, 0.25) is 0 Å². The molecule has 0 radical (unpaired) electrons. The van der Waals surface area contributed by atoms with Gasteiger partial charge in [-0.3, -0.25) is 14.4 Å². The van der Waals surface area contributed by atoms with E-state index in [4.69, 9.17) is 9.97 Å². The summed E-state index contributed by atoms with van der Waals surface area (Å²) in [6.45, 7) is 15.5. The number of amides is 2. The van der Waals surface area contributed by atoms with Crippen molar-refractivity contribution in [1.82, 2.24) is 20.2 Å². The lowest BCUT2D eigenvalue weighted by Gasteiger charge is -2.39. The number of aromatic nitrogens is 2. The Morgan fingerprint density at radius 3 is 2.26 bits per heavy atom. The normalized spacial score (nSPS) is 22.3. The minimum atomic E-state index is -0.908. The van der Waals surface area contributed by atoms with Crippen molar-refractivity contribution in [2.45, 2.75) is 124 Å². The van der Waals surface area contributed by atoms with E-state index in [2.05, 4.69) is 46.0 Å². The summed E-state index contributed by atoms with van der Waals surface area (Å²) < 4.78 is 0. The molecule has 1 aliphatic heterocycles. The maximum Gasteiger partial charge on any atom is 0.310 e. The van der Waals surface area contributed by atoms with Gasteiger partial charge in [0, 0.05) is 47.9 Å². The van der Waals surface area contributed by atoms with E-state index in [0.29, 0.717) is 10.7 Å². The number of carboxylic acids is 1. The first-order chi connectivity index (χ1) is 25.9. The summed E-state index contributed by atoms with van der Waals surface area (Å²) in [6.07, 6.45) is 17.9. The van der Waals surface area contributed by atoms with Crippen LogP contribution in [-0.4, -0.2) is 56.9 Å². The highest BCUT2D eigenvalue weighted by Crippen LogP contribution is 2.44. The van der Waals surface area contributed by atoms with Gasteiger partial charge in [0.25, 0.3) is 5.91 Å². The SMILES string of the molecule is CC.CCCC1CCC(C2CC=C(c3cnc(-c4ccc(CC(NC(=O)c5ccc(C(C)(C)CC)s5)C(=O)N5CC(C(=O)O)C5)cc4)nc3)CC2)CC1C. The van der Waals surface area contributed by atoms with E-state index in [0.717, 1.165) is 64.5 Å². The molecule has 6 rings (SSSR count). The number of carboxylic acid groups (broad SMARTS) is 1. The molecule has 2 amide bonds. The van der Waals surface area contributed by atoms with Crippen LogP contribution in [0, 0.1) is 29.6 Å². The number of benzene rings is 1. The first kappa shape index (κ1) is 41.3. The number of carbonyl (C=O) groups is 3. The molecule has 2 aliphatic carbocycles. The first-order valence-corrected chi connectivity index (χ1v) is 21.3. The smallest absolute Gasteiger partial charge is 0.310 e. The van der Waals surface area contributed by atoms with E-state index in [9.17, 15) is 19.5 Å². The van der Waals surface area contributed by atoms with Gasteiger partial charge in [-0.05, 0) is 97.3 Å². The molecular formula is C45H62N4O4S. The van der Waals surface area contributed by atoms with Crippen LogP contribution in [0.25, 0.3) is 17.0 Å². The second kappa shape index (κ2) is 18.7. The second-order valence-corrected chi connectivity index (χ2v) is 17.3. The van der Waals surface area contributed by atoms with E-state index in [1.54, 1.807) is 0 Å². The van der Waals surface area contributed by atoms with Gasteiger partial charge < -0.3 is 15.3 Å². The summed E-state index contributed by atoms with van der Waals surface area (Å²) in [5.74, 6) is 2.03. The number of nitrogens with one attached hydrogen (secondary N) is 1. The van der Waals surface area contributed by atoms with Crippen molar-refractivity contribution < 1.29 is 19.5 Å². The van der Waals surface area contributed by atoms with Gasteiger partial charge in [0.15, 0.2) is 5.82 Å². The van der Waals surface area contributed by atoms with E-state index in [1.165, 1.54) is 60.3 Å². The minimum Gasteiger partial charge on any atom is -0.481 e. The van der Waals surface area contributed by atoms with Crippen molar-refractivity contribution in [3.8, 4) is 11.4 Å². The number of carbonyl (C=O) groups excluding carboxylic acids is 2. The quantitative estimate of drug-likeness (QED) is 0.180. The monoisotopic (exact) mass is 754 g/mol. The summed E-state index contributed by atoms with van der Waals surface area (Å²) in [7, 11) is 0. The van der Waals surface area contributed by atoms with Crippen molar-refractivity contribution in [3.05, 3.63) is 75.7 Å². The molecule has 54 heavy (non-hydrogen) atoms. The molecule has 9 heteroatoms. The molecule has 2 N–H and O–H groups in total. The zero-order valence-corrected chi connectivity index (χ0v) is 34.4. The van der Waals surface area contributed by atoms with Crippen molar-refractivity contribution >= 4 is 34.7 Å². The number of nitrogens with zero attached hydrogens (tertiary/aromatic N) is 3. The zero-order valence-electron chi connectivity index (χ0n) is 33.6. The molecule has 0 bridgehead atoms. The van der Waals surface area contributed by atoms with Gasteiger partial charge in [-0.25, -0.2) is 9.97 Å². The largest absolute Gasteiger partial charge is 0.481 e. The number of allylic oxidation sites excluding steroid dienone is 2. The van der Waals surface area contributed by atoms with Crippen LogP contribution in [-0.2, 0) is 21.4 Å². The highest BCUT2D eigenvalue weighted by Gasteiger charge is 2.39. The third-order valence-corrected chi connectivity index (χ3v) is 13.8. The summed E-state index contributed by atoms with van der Waals surface area (Å²) in [4.78, 5) is 51.0. The Kier molecular flexibility index (Phi) is 14.3. The Bertz CT molecular complexity index is 1740. The second-order valence-electron chi connectivity index (χ2n) is 16.3. The van der Waals surface area contributed by atoms with Crippen LogP contribution in [0.3, 0.4) is 0 Å². The molecule has 0 spiro atoms. The average molecular weight is 755 g/mol. The van der Waals surface area contributed by atoms with E-state index >= 15 is 0 Å². The standard InChI is InChI=1S/C43H56N4O4S.C2H6/c1-6-8-29-13-18-33(21-27(29)3)30-14-16-31(17-15-30)34-23-44-39(45-24-34)32-11-9-28(10-12-32)22-36(41(49)47-25-35(26-47)42(50)51)46-40(48)37-19-20-38(52-37)43(4,5)7-2;1-2/h9-12,16,19-20,23-24,27,29-30,33,35-36H,6-8,13-15,17-18,21-22,25-26H2,1-5H3,(H,46,48)(H,50,51);1-2H3. The Morgan fingerprint density at radius 2 is 1.67 bits per heavy atom. The van der Waals surface area contributed by atoms with Gasteiger partial charge in [-0.15, -0.1) is 11.3 Å². The van der Waals surface area contributed by atoms with E-state index < -0.39 is 17.9 Å². The number of aliphatic carboxylic acids is 1. The molecule has 292 valence electrons. The van der Waals surface area contributed by atoms with Crippen LogP contribution in [0.4, 0.5) is 0 Å². The summed E-state index contributed by atoms with van der Waals surface area (Å²) in [5, 5.41) is 12.3. The summed E-state index contributed by atoms with van der Waals surface area (Å²) in [6, 6.07) is 10.8. The molecule has 8 nitrogen and oxygen atoms in total. The number of rotatable bonds is 13. The highest BCUT2D eigenvalue weighted by molar-refractivity contribution is 7.14. The van der Waals surface area contributed by atoms with Crippen molar-refractivity contribution in [3.63, 3.8) is 0 Å². The van der Waals surface area contributed by atoms with Crippen LogP contribution in [0.15, 0.2) is 54.9 Å².